The normalized spacial score (nSPS) is 12.8. The van der Waals surface area contributed by atoms with Crippen LogP contribution in [0, 0.1) is 0 Å². The van der Waals surface area contributed by atoms with Crippen LogP contribution in [0.4, 0.5) is 0 Å². The van der Waals surface area contributed by atoms with Crippen molar-refractivity contribution in [3.8, 4) is 0 Å². The fourth-order valence-corrected chi connectivity index (χ4v) is 1.86. The Balaban J connectivity index is 3.93. The number of nitrogens with one attached hydrogen (secondary N) is 1. The molecule has 0 aliphatic carbocycles. The van der Waals surface area contributed by atoms with Gasteiger partial charge in [-0.1, -0.05) is 26.7 Å². The first kappa shape index (κ1) is 16.4. The average molecular weight is 243 g/mol. The molecule has 0 aliphatic heterocycles. The van der Waals surface area contributed by atoms with E-state index in [9.17, 15) is 4.79 Å². The van der Waals surface area contributed by atoms with Crippen molar-refractivity contribution < 1.29 is 4.79 Å². The second-order valence-electron chi connectivity index (χ2n) is 4.68. The van der Waals surface area contributed by atoms with E-state index in [2.05, 4.69) is 31.0 Å². The fourth-order valence-electron chi connectivity index (χ4n) is 1.86. The average Bonchev–Trinajstić information content (AvgIpc) is 2.26. The minimum absolute atomic E-state index is 0.121. The topological polar surface area (TPSA) is 58.4 Å². The number of carbonyl (C=O) groups is 1. The van der Waals surface area contributed by atoms with Crippen molar-refractivity contribution in [1.82, 2.24) is 10.2 Å². The molecule has 0 aliphatic rings. The summed E-state index contributed by atoms with van der Waals surface area (Å²) in [6.07, 6.45) is 4.41. The number of unbranched alkanes of at least 4 members (excludes halogenated alkanes) is 1. The predicted molar refractivity (Wildman–Crippen MR) is 72.9 cm³/mol. The molecule has 1 amide bonds. The highest BCUT2D eigenvalue weighted by Crippen LogP contribution is 1.97. The summed E-state index contributed by atoms with van der Waals surface area (Å²) in [5.74, 6) is 0.121. The standard InChI is InChI=1S/C13H29N3O/c1-4-6-9-16(10-8-14)11-13(17)15-12(3)7-5-2/h12H,4-11,14H2,1-3H3,(H,15,17). The second-order valence-corrected chi connectivity index (χ2v) is 4.68. The summed E-state index contributed by atoms with van der Waals surface area (Å²) >= 11 is 0. The summed E-state index contributed by atoms with van der Waals surface area (Å²) in [7, 11) is 0. The zero-order valence-electron chi connectivity index (χ0n) is 11.7. The Labute approximate surface area is 106 Å². The van der Waals surface area contributed by atoms with Gasteiger partial charge in [0.15, 0.2) is 0 Å². The fraction of sp³-hybridized carbons (Fsp3) is 0.923. The molecule has 1 unspecified atom stereocenters. The van der Waals surface area contributed by atoms with E-state index in [-0.39, 0.29) is 11.9 Å². The van der Waals surface area contributed by atoms with Gasteiger partial charge in [0.25, 0.3) is 0 Å². The number of rotatable bonds is 10. The molecule has 0 radical (unpaired) electrons. The maximum absolute atomic E-state index is 11.8. The van der Waals surface area contributed by atoms with Crippen LogP contribution in [0.15, 0.2) is 0 Å². The molecule has 0 saturated heterocycles. The molecular formula is C13H29N3O. The molecule has 4 heteroatoms. The van der Waals surface area contributed by atoms with Crippen LogP contribution in [0.2, 0.25) is 0 Å². The van der Waals surface area contributed by atoms with Crippen molar-refractivity contribution in [2.45, 2.75) is 52.5 Å². The van der Waals surface area contributed by atoms with E-state index < -0.39 is 0 Å². The molecule has 0 aromatic heterocycles. The smallest absolute Gasteiger partial charge is 0.234 e. The molecular weight excluding hydrogens is 214 g/mol. The summed E-state index contributed by atoms with van der Waals surface area (Å²) in [5, 5.41) is 3.02. The van der Waals surface area contributed by atoms with E-state index in [0.29, 0.717) is 13.1 Å². The Morgan fingerprint density at radius 1 is 1.29 bits per heavy atom. The highest BCUT2D eigenvalue weighted by molar-refractivity contribution is 5.78. The van der Waals surface area contributed by atoms with Crippen LogP contribution < -0.4 is 11.1 Å². The first-order valence-electron chi connectivity index (χ1n) is 6.85. The van der Waals surface area contributed by atoms with Gasteiger partial charge in [0, 0.05) is 19.1 Å². The Bertz CT molecular complexity index is 197. The summed E-state index contributed by atoms with van der Waals surface area (Å²) in [5.41, 5.74) is 5.55. The third kappa shape index (κ3) is 9.12. The number of nitrogens with two attached hydrogens (primary N) is 1. The zero-order chi connectivity index (χ0) is 13.1. The molecule has 0 bridgehead atoms. The number of carbonyl (C=O) groups excluding carboxylic acids is 1. The quantitative estimate of drug-likeness (QED) is 0.609. The first-order valence-corrected chi connectivity index (χ1v) is 6.85. The lowest BCUT2D eigenvalue weighted by atomic mass is 10.2. The third-order valence-corrected chi connectivity index (χ3v) is 2.77. The highest BCUT2D eigenvalue weighted by atomic mass is 16.2. The molecule has 0 heterocycles. The monoisotopic (exact) mass is 243 g/mol. The van der Waals surface area contributed by atoms with Gasteiger partial charge < -0.3 is 11.1 Å². The van der Waals surface area contributed by atoms with Crippen LogP contribution in [0.5, 0.6) is 0 Å². The Morgan fingerprint density at radius 2 is 2.00 bits per heavy atom. The lowest BCUT2D eigenvalue weighted by Crippen LogP contribution is -2.42. The molecule has 1 atom stereocenters. The number of hydrogen-bond acceptors (Lipinski definition) is 3. The van der Waals surface area contributed by atoms with E-state index in [4.69, 9.17) is 5.73 Å². The molecule has 0 spiro atoms. The molecule has 0 saturated carbocycles. The zero-order valence-corrected chi connectivity index (χ0v) is 11.7. The molecule has 0 aromatic rings. The van der Waals surface area contributed by atoms with Crippen molar-refractivity contribution in [3.63, 3.8) is 0 Å². The molecule has 0 aromatic carbocycles. The van der Waals surface area contributed by atoms with E-state index in [1.165, 1.54) is 0 Å². The highest BCUT2D eigenvalue weighted by Gasteiger charge is 2.11. The van der Waals surface area contributed by atoms with Crippen molar-refractivity contribution in [2.75, 3.05) is 26.2 Å². The van der Waals surface area contributed by atoms with E-state index in [1.54, 1.807) is 0 Å². The predicted octanol–water partition coefficient (Wildman–Crippen LogP) is 1.35. The van der Waals surface area contributed by atoms with Gasteiger partial charge in [-0.25, -0.2) is 0 Å². The minimum Gasteiger partial charge on any atom is -0.353 e. The van der Waals surface area contributed by atoms with Gasteiger partial charge in [-0.2, -0.15) is 0 Å². The first-order chi connectivity index (χ1) is 8.13. The molecule has 102 valence electrons. The molecule has 3 N–H and O–H groups in total. The largest absolute Gasteiger partial charge is 0.353 e. The lowest BCUT2D eigenvalue weighted by molar-refractivity contribution is -0.122. The Kier molecular flexibility index (Phi) is 10.2. The summed E-state index contributed by atoms with van der Waals surface area (Å²) in [4.78, 5) is 13.9. The molecule has 0 fully saturated rings. The maximum Gasteiger partial charge on any atom is 0.234 e. The molecule has 4 nitrogen and oxygen atoms in total. The van der Waals surface area contributed by atoms with Gasteiger partial charge in [0.05, 0.1) is 6.54 Å². The van der Waals surface area contributed by atoms with Crippen LogP contribution in [-0.2, 0) is 4.79 Å². The van der Waals surface area contributed by atoms with Crippen LogP contribution >= 0.6 is 0 Å². The maximum atomic E-state index is 11.8. The van der Waals surface area contributed by atoms with Crippen LogP contribution in [0.1, 0.15) is 46.5 Å². The Hall–Kier alpha value is -0.610. The van der Waals surface area contributed by atoms with Gasteiger partial charge in [-0.3, -0.25) is 9.69 Å². The second kappa shape index (κ2) is 10.5. The lowest BCUT2D eigenvalue weighted by Gasteiger charge is -2.22. The third-order valence-electron chi connectivity index (χ3n) is 2.77. The van der Waals surface area contributed by atoms with Crippen molar-refractivity contribution in [3.05, 3.63) is 0 Å². The summed E-state index contributed by atoms with van der Waals surface area (Å²) in [6.45, 7) is 9.20. The molecule has 17 heavy (non-hydrogen) atoms. The number of nitrogens with zero attached hydrogens (tertiary/aromatic N) is 1. The van der Waals surface area contributed by atoms with Gasteiger partial charge in [-0.05, 0) is 26.3 Å². The van der Waals surface area contributed by atoms with Crippen molar-refractivity contribution in [2.24, 2.45) is 5.73 Å². The van der Waals surface area contributed by atoms with Crippen molar-refractivity contribution in [1.29, 1.82) is 0 Å². The van der Waals surface area contributed by atoms with E-state index >= 15 is 0 Å². The van der Waals surface area contributed by atoms with Gasteiger partial charge >= 0.3 is 0 Å². The Morgan fingerprint density at radius 3 is 2.53 bits per heavy atom. The van der Waals surface area contributed by atoms with Crippen LogP contribution in [0.3, 0.4) is 0 Å². The number of amides is 1. The minimum atomic E-state index is 0.121. The van der Waals surface area contributed by atoms with Gasteiger partial charge in [-0.15, -0.1) is 0 Å². The van der Waals surface area contributed by atoms with E-state index in [1.807, 2.05) is 0 Å². The van der Waals surface area contributed by atoms with Crippen LogP contribution in [-0.4, -0.2) is 43.0 Å². The number of hydrogen-bond donors (Lipinski definition) is 2. The summed E-state index contributed by atoms with van der Waals surface area (Å²) in [6, 6.07) is 0.276. The van der Waals surface area contributed by atoms with Crippen molar-refractivity contribution >= 4 is 5.91 Å². The SMILES string of the molecule is CCCCN(CCN)CC(=O)NC(C)CCC. The van der Waals surface area contributed by atoms with Gasteiger partial charge in [0.1, 0.15) is 0 Å². The van der Waals surface area contributed by atoms with Gasteiger partial charge in [0.2, 0.25) is 5.91 Å². The molecule has 0 rings (SSSR count). The van der Waals surface area contributed by atoms with E-state index in [0.717, 1.165) is 38.8 Å². The summed E-state index contributed by atoms with van der Waals surface area (Å²) < 4.78 is 0. The van der Waals surface area contributed by atoms with Crippen LogP contribution in [0.25, 0.3) is 0 Å².